The summed E-state index contributed by atoms with van der Waals surface area (Å²) in [6, 6.07) is 13.3. The quantitative estimate of drug-likeness (QED) is 0.557. The highest BCUT2D eigenvalue weighted by Gasteiger charge is 2.44. The first-order valence-corrected chi connectivity index (χ1v) is 12.6. The first-order valence-electron chi connectivity index (χ1n) is 11.3. The Morgan fingerprint density at radius 2 is 1.79 bits per heavy atom. The molecule has 5 atom stereocenters. The number of ether oxygens (including phenoxy) is 2. The van der Waals surface area contributed by atoms with Gasteiger partial charge in [-0.1, -0.05) is 36.4 Å². The molecule has 0 radical (unpaired) electrons. The van der Waals surface area contributed by atoms with Crippen molar-refractivity contribution >= 4 is 17.3 Å². The molecule has 0 aromatic heterocycles. The van der Waals surface area contributed by atoms with Crippen LogP contribution < -0.4 is 4.74 Å². The smallest absolute Gasteiger partial charge is 0.251 e. The molecule has 2 aromatic rings. The molecule has 4 rings (SSSR count). The Bertz CT molecular complexity index is 1020. The number of alkyl halides is 2. The minimum absolute atomic E-state index is 0.122. The van der Waals surface area contributed by atoms with Gasteiger partial charge in [-0.05, 0) is 52.6 Å². The highest BCUT2D eigenvalue weighted by molar-refractivity contribution is 7.99. The van der Waals surface area contributed by atoms with Gasteiger partial charge in [-0.25, -0.2) is 8.78 Å². The molecule has 0 spiro atoms. The van der Waals surface area contributed by atoms with Gasteiger partial charge >= 0.3 is 0 Å². The lowest BCUT2D eigenvalue weighted by molar-refractivity contribution is -0.200. The second-order valence-corrected chi connectivity index (χ2v) is 9.80. The lowest BCUT2D eigenvalue weighted by Crippen LogP contribution is -2.52. The largest absolute Gasteiger partial charge is 0.496 e. The number of thioether (sulfide) groups is 1. The van der Waals surface area contributed by atoms with Crippen molar-refractivity contribution in [1.29, 1.82) is 0 Å². The Hall–Kier alpha value is -1.97. The molecular formula is C26H30F2O5S. The van der Waals surface area contributed by atoms with E-state index in [1.54, 1.807) is 31.6 Å². The first-order chi connectivity index (χ1) is 16.2. The van der Waals surface area contributed by atoms with E-state index >= 15 is 0 Å². The van der Waals surface area contributed by atoms with Crippen LogP contribution in [0, 0.1) is 0 Å². The summed E-state index contributed by atoms with van der Waals surface area (Å²) in [5.41, 5.74) is 3.82. The monoisotopic (exact) mass is 492 g/mol. The summed E-state index contributed by atoms with van der Waals surface area (Å²) in [7, 11) is 1.59. The summed E-state index contributed by atoms with van der Waals surface area (Å²) in [4.78, 5) is 0. The lowest BCUT2D eigenvalue weighted by atomic mass is 9.90. The average molecular weight is 493 g/mol. The van der Waals surface area contributed by atoms with Crippen molar-refractivity contribution in [2.75, 3.05) is 13.4 Å². The summed E-state index contributed by atoms with van der Waals surface area (Å²) in [5.74, 6) is -1.93. The zero-order valence-corrected chi connectivity index (χ0v) is 20.0. The summed E-state index contributed by atoms with van der Waals surface area (Å²) in [5, 5.41) is 31.0. The van der Waals surface area contributed by atoms with E-state index in [9.17, 15) is 24.1 Å². The fraction of sp³-hybridized carbons (Fsp3) is 0.462. The zero-order valence-electron chi connectivity index (χ0n) is 19.2. The molecular weight excluding hydrogens is 462 g/mol. The number of benzene rings is 2. The first kappa shape index (κ1) is 25.1. The van der Waals surface area contributed by atoms with Gasteiger partial charge in [-0.2, -0.15) is 0 Å². The molecule has 1 saturated heterocycles. The third-order valence-electron chi connectivity index (χ3n) is 6.56. The van der Waals surface area contributed by atoms with E-state index in [0.717, 1.165) is 22.3 Å². The van der Waals surface area contributed by atoms with E-state index in [4.69, 9.17) is 9.47 Å². The summed E-state index contributed by atoms with van der Waals surface area (Å²) < 4.78 is 38.3. The number of allylic oxidation sites excluding steroid dienone is 2. The van der Waals surface area contributed by atoms with Crippen molar-refractivity contribution in [3.8, 4) is 5.75 Å². The molecule has 3 N–H and O–H groups in total. The molecule has 2 aromatic carbocycles. The zero-order chi connectivity index (χ0) is 24.5. The fourth-order valence-electron chi connectivity index (χ4n) is 4.54. The van der Waals surface area contributed by atoms with Crippen LogP contribution in [0.4, 0.5) is 8.78 Å². The van der Waals surface area contributed by atoms with Gasteiger partial charge in [-0.3, -0.25) is 0 Å². The standard InChI is InChI=1S/C26H30F2O5S/c1-32-20-8-7-18(24-22(30)21(29)23(31)25(33-24)34-2)14-19(20)13-15-3-5-16(6-4-15)17-9-11-26(27,28)12-10-17/h3-9,14,21-25,29-31H,10-13H2,1-2H3/t21-,22?,23+,24?,25-/m1/s1. The topological polar surface area (TPSA) is 79.2 Å². The third kappa shape index (κ3) is 5.31. The Balaban J connectivity index is 1.54. The van der Waals surface area contributed by atoms with Crippen LogP contribution in [0.2, 0.25) is 0 Å². The third-order valence-corrected chi connectivity index (χ3v) is 7.42. The molecule has 8 heteroatoms. The average Bonchev–Trinajstić information content (AvgIpc) is 2.83. The molecule has 184 valence electrons. The predicted molar refractivity (Wildman–Crippen MR) is 128 cm³/mol. The molecule has 0 bridgehead atoms. The second kappa shape index (κ2) is 10.3. The Labute approximate surface area is 202 Å². The lowest BCUT2D eigenvalue weighted by Gasteiger charge is -2.40. The van der Waals surface area contributed by atoms with Crippen molar-refractivity contribution in [3.63, 3.8) is 0 Å². The van der Waals surface area contributed by atoms with Crippen molar-refractivity contribution < 1.29 is 33.6 Å². The van der Waals surface area contributed by atoms with E-state index in [2.05, 4.69) is 0 Å². The number of hydrogen-bond donors (Lipinski definition) is 3. The maximum absolute atomic E-state index is 13.4. The van der Waals surface area contributed by atoms with E-state index in [1.165, 1.54) is 11.8 Å². The van der Waals surface area contributed by atoms with Crippen LogP contribution in [0.5, 0.6) is 5.75 Å². The van der Waals surface area contributed by atoms with Crippen LogP contribution in [0.25, 0.3) is 5.57 Å². The highest BCUT2D eigenvalue weighted by atomic mass is 32.2. The van der Waals surface area contributed by atoms with E-state index in [-0.39, 0.29) is 12.8 Å². The number of aliphatic hydroxyl groups is 3. The van der Waals surface area contributed by atoms with E-state index in [0.29, 0.717) is 24.2 Å². The van der Waals surface area contributed by atoms with Crippen LogP contribution in [0.1, 0.15) is 47.6 Å². The molecule has 1 fully saturated rings. The van der Waals surface area contributed by atoms with E-state index < -0.39 is 35.8 Å². The molecule has 34 heavy (non-hydrogen) atoms. The molecule has 0 amide bonds. The highest BCUT2D eigenvalue weighted by Crippen LogP contribution is 2.38. The summed E-state index contributed by atoms with van der Waals surface area (Å²) in [6.45, 7) is 0. The van der Waals surface area contributed by atoms with Crippen molar-refractivity contribution in [2.24, 2.45) is 0 Å². The van der Waals surface area contributed by atoms with Gasteiger partial charge in [0.15, 0.2) is 0 Å². The maximum Gasteiger partial charge on any atom is 0.251 e. The maximum atomic E-state index is 13.4. The van der Waals surface area contributed by atoms with Crippen LogP contribution in [0.3, 0.4) is 0 Å². The minimum atomic E-state index is -2.61. The molecule has 0 saturated carbocycles. The van der Waals surface area contributed by atoms with Gasteiger partial charge in [-0.15, -0.1) is 11.8 Å². The Kier molecular flexibility index (Phi) is 7.64. The van der Waals surface area contributed by atoms with Crippen LogP contribution in [0.15, 0.2) is 48.5 Å². The number of aliphatic hydroxyl groups excluding tert-OH is 3. The van der Waals surface area contributed by atoms with Gasteiger partial charge in [0.2, 0.25) is 0 Å². The summed E-state index contributed by atoms with van der Waals surface area (Å²) >= 11 is 1.27. The second-order valence-electron chi connectivity index (χ2n) is 8.87. The molecule has 1 aliphatic carbocycles. The van der Waals surface area contributed by atoms with Crippen molar-refractivity contribution in [1.82, 2.24) is 0 Å². The number of halogens is 2. The molecule has 2 aliphatic rings. The molecule has 1 heterocycles. The molecule has 1 aliphatic heterocycles. The number of hydrogen-bond acceptors (Lipinski definition) is 6. The van der Waals surface area contributed by atoms with Crippen LogP contribution >= 0.6 is 11.8 Å². The van der Waals surface area contributed by atoms with Gasteiger partial charge < -0.3 is 24.8 Å². The van der Waals surface area contributed by atoms with Gasteiger partial charge in [0.1, 0.15) is 35.6 Å². The molecule has 2 unspecified atom stereocenters. The number of rotatable bonds is 6. The van der Waals surface area contributed by atoms with Crippen LogP contribution in [-0.2, 0) is 11.2 Å². The van der Waals surface area contributed by atoms with Crippen molar-refractivity contribution in [3.05, 3.63) is 70.8 Å². The normalized spacial score (nSPS) is 28.9. The van der Waals surface area contributed by atoms with Crippen LogP contribution in [-0.4, -0.2) is 58.4 Å². The Morgan fingerprint density at radius 3 is 2.41 bits per heavy atom. The fourth-order valence-corrected chi connectivity index (χ4v) is 5.22. The van der Waals surface area contributed by atoms with Gasteiger partial charge in [0.05, 0.1) is 7.11 Å². The Morgan fingerprint density at radius 1 is 1.06 bits per heavy atom. The van der Waals surface area contributed by atoms with Gasteiger partial charge in [0.25, 0.3) is 5.92 Å². The van der Waals surface area contributed by atoms with Gasteiger partial charge in [0, 0.05) is 19.3 Å². The van der Waals surface area contributed by atoms with Crippen molar-refractivity contribution in [2.45, 2.75) is 61.5 Å². The SMILES string of the molecule is COc1ccc(C2O[C@H](SC)[C@@H](O)[C@H](O)C2O)cc1Cc1ccc(C2=CCC(F)(F)CC2)cc1. The predicted octanol–water partition coefficient (Wildman–Crippen LogP) is 4.33. The number of methoxy groups -OCH3 is 1. The summed E-state index contributed by atoms with van der Waals surface area (Å²) in [6.07, 6.45) is -0.575. The van der Waals surface area contributed by atoms with E-state index in [1.807, 2.05) is 30.3 Å². The minimum Gasteiger partial charge on any atom is -0.496 e. The molecule has 5 nitrogen and oxygen atoms in total.